The van der Waals surface area contributed by atoms with Crippen molar-refractivity contribution >= 4 is 28.6 Å². The molecule has 0 saturated carbocycles. The Labute approximate surface area is 128 Å². The van der Waals surface area contributed by atoms with Crippen LogP contribution in [0, 0.1) is 5.92 Å². The molecule has 9 heteroatoms. The highest BCUT2D eigenvalue weighted by Gasteiger charge is 2.57. The average molecular weight is 328 g/mol. The maximum Gasteiger partial charge on any atom is 0.353 e. The molecule has 120 valence electrons. The summed E-state index contributed by atoms with van der Waals surface area (Å²) in [5.41, 5.74) is -0.294. The first-order valence-electron chi connectivity index (χ1n) is 6.57. The lowest BCUT2D eigenvalue weighted by atomic mass is 9.83. The van der Waals surface area contributed by atoms with Crippen molar-refractivity contribution < 1.29 is 28.8 Å². The number of nitrogens with one attached hydrogen (secondary N) is 1. The van der Waals surface area contributed by atoms with Crippen LogP contribution >= 0.6 is 0 Å². The quantitative estimate of drug-likeness (QED) is 0.571. The number of aliphatic carboxylic acids is 1. The Morgan fingerprint density at radius 1 is 1.50 bits per heavy atom. The van der Waals surface area contributed by atoms with Gasteiger partial charge in [0.1, 0.15) is 5.70 Å². The highest BCUT2D eigenvalue weighted by Crippen LogP contribution is 2.44. The fourth-order valence-electron chi connectivity index (χ4n) is 2.71. The smallest absolute Gasteiger partial charge is 0.353 e. The molecule has 0 aliphatic carbocycles. The van der Waals surface area contributed by atoms with E-state index in [1.807, 2.05) is 0 Å². The first-order chi connectivity index (χ1) is 10.3. The van der Waals surface area contributed by atoms with Gasteiger partial charge in [0.15, 0.2) is 0 Å². The van der Waals surface area contributed by atoms with Crippen molar-refractivity contribution in [3.63, 3.8) is 0 Å². The van der Waals surface area contributed by atoms with E-state index in [0.29, 0.717) is 0 Å². The van der Waals surface area contributed by atoms with E-state index in [9.17, 15) is 28.8 Å². The number of fused-ring (bicyclic) bond motifs is 1. The Morgan fingerprint density at radius 3 is 2.64 bits per heavy atom. The van der Waals surface area contributed by atoms with Gasteiger partial charge in [0.2, 0.25) is 11.8 Å². The highest BCUT2D eigenvalue weighted by atomic mass is 32.2. The Morgan fingerprint density at radius 2 is 2.14 bits per heavy atom. The molecule has 2 rings (SSSR count). The maximum atomic E-state index is 12.2. The molecule has 0 aromatic heterocycles. The molecular formula is C13H16N2O6S. The third-order valence-corrected chi connectivity index (χ3v) is 4.84. The Balaban J connectivity index is 2.25. The normalized spacial score (nSPS) is 26.7. The van der Waals surface area contributed by atoms with E-state index in [-0.39, 0.29) is 22.9 Å². The molecule has 2 heterocycles. The fraction of sp³-hybridized carbons (Fsp3) is 0.462. The number of β-lactam (4-membered cyclic amide) rings is 1. The number of carbonyl (C=O) groups excluding carboxylic acids is 2. The van der Waals surface area contributed by atoms with Gasteiger partial charge in [0, 0.05) is 25.0 Å². The van der Waals surface area contributed by atoms with Crippen molar-refractivity contribution in [3.05, 3.63) is 22.2 Å². The van der Waals surface area contributed by atoms with Crippen molar-refractivity contribution in [2.24, 2.45) is 5.92 Å². The number of aliphatic hydroxyl groups is 1. The third kappa shape index (κ3) is 2.69. The lowest BCUT2D eigenvalue weighted by Gasteiger charge is -2.44. The zero-order chi connectivity index (χ0) is 16.6. The largest absolute Gasteiger partial charge is 0.477 e. The minimum absolute atomic E-state index is 0.107. The molecule has 0 aromatic carbocycles. The van der Waals surface area contributed by atoms with Crippen LogP contribution in [0.15, 0.2) is 22.2 Å². The number of hydrogen-bond donors (Lipinski definition) is 3. The summed E-state index contributed by atoms with van der Waals surface area (Å²) in [7, 11) is -1.78. The lowest BCUT2D eigenvalue weighted by molar-refractivity contribution is -0.161. The summed E-state index contributed by atoms with van der Waals surface area (Å²) in [5, 5.41) is 22.3. The monoisotopic (exact) mass is 328 g/mol. The van der Waals surface area contributed by atoms with Gasteiger partial charge in [-0.1, -0.05) is 0 Å². The Hall–Kier alpha value is -2.00. The molecule has 2 aliphatic rings. The fourth-order valence-corrected chi connectivity index (χ4v) is 3.77. The van der Waals surface area contributed by atoms with E-state index in [1.165, 1.54) is 20.0 Å². The molecule has 22 heavy (non-hydrogen) atoms. The van der Waals surface area contributed by atoms with Crippen molar-refractivity contribution in [2.75, 3.05) is 0 Å². The van der Waals surface area contributed by atoms with Crippen molar-refractivity contribution in [1.82, 2.24) is 10.2 Å². The molecular weight excluding hydrogens is 312 g/mol. The van der Waals surface area contributed by atoms with E-state index in [4.69, 9.17) is 0 Å². The second-order valence-electron chi connectivity index (χ2n) is 5.12. The third-order valence-electron chi connectivity index (χ3n) is 3.61. The molecule has 2 aliphatic heterocycles. The van der Waals surface area contributed by atoms with Crippen LogP contribution in [0.2, 0.25) is 0 Å². The number of aliphatic hydroxyl groups excluding tert-OH is 1. The molecule has 0 unspecified atom stereocenters. The zero-order valence-corrected chi connectivity index (χ0v) is 12.8. The predicted molar refractivity (Wildman–Crippen MR) is 76.2 cm³/mol. The van der Waals surface area contributed by atoms with E-state index >= 15 is 0 Å². The second-order valence-corrected chi connectivity index (χ2v) is 6.48. The Bertz CT molecular complexity index is 624. The summed E-state index contributed by atoms with van der Waals surface area (Å²) in [6.07, 6.45) is 0.403. The second kappa shape index (κ2) is 6.01. The van der Waals surface area contributed by atoms with Gasteiger partial charge in [-0.15, -0.1) is 0 Å². The van der Waals surface area contributed by atoms with Gasteiger partial charge >= 0.3 is 5.97 Å². The van der Waals surface area contributed by atoms with Crippen LogP contribution < -0.4 is 5.32 Å². The summed E-state index contributed by atoms with van der Waals surface area (Å²) < 4.78 is 12.2. The van der Waals surface area contributed by atoms with Crippen LogP contribution in [-0.4, -0.2) is 49.3 Å². The number of carbonyl (C=O) groups is 3. The van der Waals surface area contributed by atoms with E-state index < -0.39 is 40.7 Å². The lowest BCUT2D eigenvalue weighted by Crippen LogP contribution is -2.61. The first-order valence-corrected chi connectivity index (χ1v) is 7.79. The van der Waals surface area contributed by atoms with Gasteiger partial charge in [-0.3, -0.25) is 9.59 Å². The molecule has 8 nitrogen and oxygen atoms in total. The molecule has 0 radical (unpaired) electrons. The molecule has 1 saturated heterocycles. The van der Waals surface area contributed by atoms with Crippen LogP contribution in [-0.2, 0) is 25.2 Å². The first kappa shape index (κ1) is 16.4. The summed E-state index contributed by atoms with van der Waals surface area (Å²) in [4.78, 5) is 35.3. The van der Waals surface area contributed by atoms with Gasteiger partial charge in [-0.05, 0) is 6.92 Å². The summed E-state index contributed by atoms with van der Waals surface area (Å²) >= 11 is 0. The SMILES string of the molecule is CC(=O)N/C=C/[S@@](=O)C1=C(C(=O)O)N2C(=O)[C@H]([C@@H](C)O)[C@H]2C1. The molecule has 2 amide bonds. The van der Waals surface area contributed by atoms with Crippen molar-refractivity contribution in [2.45, 2.75) is 32.4 Å². The number of hydrogen-bond acceptors (Lipinski definition) is 5. The number of rotatable bonds is 5. The van der Waals surface area contributed by atoms with Crippen LogP contribution in [0.4, 0.5) is 0 Å². The summed E-state index contributed by atoms with van der Waals surface area (Å²) in [5.74, 6) is -2.84. The van der Waals surface area contributed by atoms with E-state index in [1.54, 1.807) is 0 Å². The maximum absolute atomic E-state index is 12.2. The summed E-state index contributed by atoms with van der Waals surface area (Å²) in [6.45, 7) is 2.74. The van der Waals surface area contributed by atoms with Crippen LogP contribution in [0.3, 0.4) is 0 Å². The zero-order valence-electron chi connectivity index (χ0n) is 12.0. The molecule has 4 atom stereocenters. The van der Waals surface area contributed by atoms with Crippen LogP contribution in [0.1, 0.15) is 20.3 Å². The minimum atomic E-state index is -1.78. The highest BCUT2D eigenvalue weighted by molar-refractivity contribution is 7.91. The molecule has 1 fully saturated rings. The topological polar surface area (TPSA) is 124 Å². The summed E-state index contributed by atoms with van der Waals surface area (Å²) in [6, 6.07) is -0.480. The van der Waals surface area contributed by atoms with E-state index in [2.05, 4.69) is 5.32 Å². The Kier molecular flexibility index (Phi) is 4.47. The van der Waals surface area contributed by atoms with Gasteiger partial charge in [-0.25, -0.2) is 9.00 Å². The predicted octanol–water partition coefficient (Wildman–Crippen LogP) is -0.750. The van der Waals surface area contributed by atoms with Gasteiger partial charge in [0.25, 0.3) is 0 Å². The van der Waals surface area contributed by atoms with Crippen molar-refractivity contribution in [1.29, 1.82) is 0 Å². The standard InChI is InChI=1S/C13H16N2O6S/c1-6(16)10-8-5-9(22(21)4-3-14-7(2)17)11(13(19)20)15(8)12(10)18/h3-4,6,8,10,16H,5H2,1-2H3,(H,14,17)(H,19,20)/b4-3+/t6-,8-,10-,22-/m1/s1. The number of carboxylic acid groups (broad SMARTS) is 1. The van der Waals surface area contributed by atoms with Gasteiger partial charge < -0.3 is 20.4 Å². The van der Waals surface area contributed by atoms with Gasteiger partial charge in [-0.2, -0.15) is 0 Å². The van der Waals surface area contributed by atoms with Crippen LogP contribution in [0.25, 0.3) is 0 Å². The van der Waals surface area contributed by atoms with Crippen molar-refractivity contribution in [3.8, 4) is 0 Å². The number of nitrogens with zero attached hydrogens (tertiary/aromatic N) is 1. The minimum Gasteiger partial charge on any atom is -0.477 e. The number of carboxylic acids is 1. The molecule has 3 N–H and O–H groups in total. The molecule has 0 spiro atoms. The average Bonchev–Trinajstić information content (AvgIpc) is 2.72. The number of amides is 2. The molecule has 0 aromatic rings. The molecule has 0 bridgehead atoms. The van der Waals surface area contributed by atoms with Crippen LogP contribution in [0.5, 0.6) is 0 Å². The van der Waals surface area contributed by atoms with E-state index in [0.717, 1.165) is 10.3 Å². The van der Waals surface area contributed by atoms with Gasteiger partial charge in [0.05, 0.1) is 33.8 Å².